The van der Waals surface area contributed by atoms with Crippen molar-refractivity contribution in [3.8, 4) is 0 Å². The minimum absolute atomic E-state index is 0.0612. The lowest BCUT2D eigenvalue weighted by atomic mass is 10.0. The van der Waals surface area contributed by atoms with Crippen molar-refractivity contribution in [2.24, 2.45) is 5.73 Å². The summed E-state index contributed by atoms with van der Waals surface area (Å²) in [5.41, 5.74) is 7.33. The lowest BCUT2D eigenvalue weighted by molar-refractivity contribution is 0.103. The SMILES string of the molecule is CCn1ncc(Cl)c1C(N)CC1CN(C)CCN1C. The number of hydrogen-bond acceptors (Lipinski definition) is 4. The molecule has 108 valence electrons. The van der Waals surface area contributed by atoms with E-state index >= 15 is 0 Å². The van der Waals surface area contributed by atoms with Crippen LogP contribution in [0.2, 0.25) is 5.02 Å². The van der Waals surface area contributed by atoms with E-state index < -0.39 is 0 Å². The summed E-state index contributed by atoms with van der Waals surface area (Å²) in [4.78, 5) is 4.75. The van der Waals surface area contributed by atoms with Gasteiger partial charge in [0.05, 0.1) is 16.9 Å². The Hall–Kier alpha value is -0.620. The maximum absolute atomic E-state index is 6.36. The molecule has 0 aliphatic carbocycles. The Kier molecular flexibility index (Phi) is 4.84. The first-order chi connectivity index (χ1) is 9.02. The quantitative estimate of drug-likeness (QED) is 0.903. The Morgan fingerprint density at radius 3 is 2.89 bits per heavy atom. The van der Waals surface area contributed by atoms with Crippen molar-refractivity contribution in [2.45, 2.75) is 32.0 Å². The second-order valence-electron chi connectivity index (χ2n) is 5.43. The third kappa shape index (κ3) is 3.28. The highest BCUT2D eigenvalue weighted by Gasteiger charge is 2.26. The molecule has 2 unspecified atom stereocenters. The predicted molar refractivity (Wildman–Crippen MR) is 78.4 cm³/mol. The minimum Gasteiger partial charge on any atom is -0.323 e. The zero-order valence-electron chi connectivity index (χ0n) is 12.0. The summed E-state index contributed by atoms with van der Waals surface area (Å²) >= 11 is 6.21. The number of aromatic nitrogens is 2. The summed E-state index contributed by atoms with van der Waals surface area (Å²) in [6.45, 7) is 6.13. The van der Waals surface area contributed by atoms with Gasteiger partial charge in [0.15, 0.2) is 0 Å². The molecule has 1 fully saturated rings. The van der Waals surface area contributed by atoms with Crippen LogP contribution in [-0.2, 0) is 6.54 Å². The van der Waals surface area contributed by atoms with E-state index in [0.29, 0.717) is 11.1 Å². The molecule has 5 nitrogen and oxygen atoms in total. The lowest BCUT2D eigenvalue weighted by Gasteiger charge is -2.38. The molecule has 0 spiro atoms. The number of rotatable bonds is 4. The molecule has 1 aromatic heterocycles. The van der Waals surface area contributed by atoms with Crippen LogP contribution in [0.25, 0.3) is 0 Å². The van der Waals surface area contributed by atoms with Gasteiger partial charge in [0.2, 0.25) is 0 Å². The van der Waals surface area contributed by atoms with Crippen molar-refractivity contribution in [3.63, 3.8) is 0 Å². The van der Waals surface area contributed by atoms with Crippen LogP contribution in [0.4, 0.5) is 0 Å². The molecule has 1 aromatic rings. The number of halogens is 1. The fourth-order valence-electron chi connectivity index (χ4n) is 2.75. The molecule has 19 heavy (non-hydrogen) atoms. The Balaban J connectivity index is 2.07. The number of piperazine rings is 1. The summed E-state index contributed by atoms with van der Waals surface area (Å²) in [6, 6.07) is 0.416. The number of nitrogens with two attached hydrogens (primary N) is 1. The fraction of sp³-hybridized carbons (Fsp3) is 0.769. The van der Waals surface area contributed by atoms with Crippen LogP contribution in [0, 0.1) is 0 Å². The van der Waals surface area contributed by atoms with Crippen LogP contribution in [0.1, 0.15) is 25.1 Å². The maximum Gasteiger partial charge on any atom is 0.0834 e. The van der Waals surface area contributed by atoms with Gasteiger partial charge in [-0.1, -0.05) is 11.6 Å². The van der Waals surface area contributed by atoms with E-state index in [-0.39, 0.29) is 6.04 Å². The smallest absolute Gasteiger partial charge is 0.0834 e. The molecule has 0 saturated carbocycles. The Morgan fingerprint density at radius 1 is 1.47 bits per heavy atom. The molecule has 0 bridgehead atoms. The van der Waals surface area contributed by atoms with Crippen LogP contribution in [0.15, 0.2) is 6.20 Å². The Bertz CT molecular complexity index is 419. The summed E-state index contributed by atoms with van der Waals surface area (Å²) < 4.78 is 1.90. The number of likely N-dealkylation sites (N-methyl/N-ethyl adjacent to an activating group) is 2. The van der Waals surface area contributed by atoms with Gasteiger partial charge in [0, 0.05) is 38.3 Å². The van der Waals surface area contributed by atoms with Crippen LogP contribution < -0.4 is 5.73 Å². The summed E-state index contributed by atoms with van der Waals surface area (Å²) in [5.74, 6) is 0. The van der Waals surface area contributed by atoms with Crippen molar-refractivity contribution in [1.82, 2.24) is 19.6 Å². The van der Waals surface area contributed by atoms with Crippen LogP contribution in [0.5, 0.6) is 0 Å². The highest BCUT2D eigenvalue weighted by molar-refractivity contribution is 6.31. The third-order valence-electron chi connectivity index (χ3n) is 3.99. The summed E-state index contributed by atoms with van der Waals surface area (Å²) in [5, 5.41) is 4.94. The van der Waals surface area contributed by atoms with E-state index in [9.17, 15) is 0 Å². The first kappa shape index (κ1) is 14.8. The lowest BCUT2D eigenvalue weighted by Crippen LogP contribution is -2.50. The molecule has 2 heterocycles. The highest BCUT2D eigenvalue weighted by Crippen LogP contribution is 2.26. The second-order valence-corrected chi connectivity index (χ2v) is 5.84. The Morgan fingerprint density at radius 2 is 2.21 bits per heavy atom. The molecule has 1 saturated heterocycles. The average Bonchev–Trinajstić information content (AvgIpc) is 2.75. The van der Waals surface area contributed by atoms with Gasteiger partial charge >= 0.3 is 0 Å². The minimum atomic E-state index is -0.0612. The van der Waals surface area contributed by atoms with Crippen molar-refractivity contribution in [3.05, 3.63) is 16.9 Å². The van der Waals surface area contributed by atoms with Gasteiger partial charge in [0.25, 0.3) is 0 Å². The van der Waals surface area contributed by atoms with E-state index in [4.69, 9.17) is 17.3 Å². The van der Waals surface area contributed by atoms with Gasteiger partial charge in [-0.05, 0) is 27.4 Å². The van der Waals surface area contributed by atoms with Gasteiger partial charge < -0.3 is 15.5 Å². The normalized spacial score (nSPS) is 23.7. The first-order valence-corrected chi connectivity index (χ1v) is 7.26. The van der Waals surface area contributed by atoms with Crippen LogP contribution in [0.3, 0.4) is 0 Å². The summed E-state index contributed by atoms with van der Waals surface area (Å²) in [6.07, 6.45) is 2.60. The Labute approximate surface area is 120 Å². The van der Waals surface area contributed by atoms with Crippen LogP contribution in [-0.4, -0.2) is 59.4 Å². The standard InChI is InChI=1S/C13H24ClN5/c1-4-19-13(11(14)8-16-19)12(15)7-10-9-17(2)5-6-18(10)3/h8,10,12H,4-7,9,15H2,1-3H3. The molecule has 0 aromatic carbocycles. The van der Waals surface area contributed by atoms with Crippen molar-refractivity contribution in [1.29, 1.82) is 0 Å². The molecular weight excluding hydrogens is 262 g/mol. The van der Waals surface area contributed by atoms with Crippen molar-refractivity contribution in [2.75, 3.05) is 33.7 Å². The molecule has 0 radical (unpaired) electrons. The molecule has 2 rings (SSSR count). The molecule has 2 atom stereocenters. The second kappa shape index (κ2) is 6.22. The van der Waals surface area contributed by atoms with Gasteiger partial charge in [-0.15, -0.1) is 0 Å². The number of hydrogen-bond donors (Lipinski definition) is 1. The molecule has 0 amide bonds. The van der Waals surface area contributed by atoms with E-state index in [1.165, 1.54) is 0 Å². The molecule has 2 N–H and O–H groups in total. The maximum atomic E-state index is 6.36. The van der Waals surface area contributed by atoms with E-state index in [2.05, 4.69) is 35.9 Å². The third-order valence-corrected chi connectivity index (χ3v) is 4.28. The van der Waals surface area contributed by atoms with Gasteiger partial charge in [-0.2, -0.15) is 5.10 Å². The number of aryl methyl sites for hydroxylation is 1. The zero-order valence-corrected chi connectivity index (χ0v) is 12.8. The van der Waals surface area contributed by atoms with E-state index in [1.807, 2.05) is 4.68 Å². The number of nitrogens with zero attached hydrogens (tertiary/aromatic N) is 4. The molecule has 1 aliphatic rings. The van der Waals surface area contributed by atoms with E-state index in [0.717, 1.165) is 38.3 Å². The average molecular weight is 286 g/mol. The van der Waals surface area contributed by atoms with E-state index in [1.54, 1.807) is 6.20 Å². The van der Waals surface area contributed by atoms with Gasteiger partial charge in [-0.25, -0.2) is 0 Å². The first-order valence-electron chi connectivity index (χ1n) is 6.88. The zero-order chi connectivity index (χ0) is 14.0. The van der Waals surface area contributed by atoms with Crippen molar-refractivity contribution < 1.29 is 0 Å². The monoisotopic (exact) mass is 285 g/mol. The topological polar surface area (TPSA) is 50.3 Å². The molecule has 6 heteroatoms. The van der Waals surface area contributed by atoms with Gasteiger partial charge in [-0.3, -0.25) is 4.68 Å². The molecule has 1 aliphatic heterocycles. The molecular formula is C13H24ClN5. The fourth-order valence-corrected chi connectivity index (χ4v) is 3.03. The highest BCUT2D eigenvalue weighted by atomic mass is 35.5. The van der Waals surface area contributed by atoms with Crippen molar-refractivity contribution >= 4 is 11.6 Å². The predicted octanol–water partition coefficient (Wildman–Crippen LogP) is 1.19. The largest absolute Gasteiger partial charge is 0.323 e. The van der Waals surface area contributed by atoms with Crippen LogP contribution >= 0.6 is 11.6 Å². The summed E-state index contributed by atoms with van der Waals surface area (Å²) in [7, 11) is 4.33. The van der Waals surface area contributed by atoms with Gasteiger partial charge in [0.1, 0.15) is 0 Å².